The fourth-order valence-electron chi connectivity index (χ4n) is 3.06. The smallest absolute Gasteiger partial charge is 0.250 e. The van der Waals surface area contributed by atoms with Crippen molar-refractivity contribution in [1.82, 2.24) is 15.0 Å². The van der Waals surface area contributed by atoms with Crippen LogP contribution in [0.2, 0.25) is 0 Å². The molecule has 2 aromatic carbocycles. The lowest BCUT2D eigenvalue weighted by molar-refractivity contribution is 0.122. The number of nitrogens with zero attached hydrogens (tertiary/aromatic N) is 5. The Morgan fingerprint density at radius 1 is 1.00 bits per heavy atom. The first-order valence-corrected chi connectivity index (χ1v) is 10.2. The summed E-state index contributed by atoms with van der Waals surface area (Å²) in [7, 11) is 0. The highest BCUT2D eigenvalue weighted by atomic mass is 16.5. The Labute approximate surface area is 181 Å². The van der Waals surface area contributed by atoms with Crippen molar-refractivity contribution in [2.75, 3.05) is 48.6 Å². The minimum absolute atomic E-state index is 0.347. The molecular formula is C22H25N7O2. The van der Waals surface area contributed by atoms with Crippen molar-refractivity contribution in [3.05, 3.63) is 60.2 Å². The molecule has 160 valence electrons. The molecule has 2 N–H and O–H groups in total. The van der Waals surface area contributed by atoms with Crippen molar-refractivity contribution < 1.29 is 9.47 Å². The first-order chi connectivity index (χ1) is 15.3. The van der Waals surface area contributed by atoms with Crippen molar-refractivity contribution in [2.24, 2.45) is 5.10 Å². The van der Waals surface area contributed by atoms with E-state index in [0.717, 1.165) is 30.1 Å². The maximum absolute atomic E-state index is 5.63. The van der Waals surface area contributed by atoms with E-state index in [2.05, 4.69) is 35.7 Å². The second-order valence-electron chi connectivity index (χ2n) is 6.71. The standard InChI is InChI=1S/C22H25N7O2/c1-2-31-19-11-7-6-8-17(19)16-23-28-21-25-20(24-18-9-4-3-5-10-18)26-22(27-21)29-12-14-30-15-13-29/h3-11,16H,2,12-15H2,1H3,(H2,24,25,26,27,28). The van der Waals surface area contributed by atoms with E-state index in [1.807, 2.05) is 61.5 Å². The van der Waals surface area contributed by atoms with Gasteiger partial charge in [-0.05, 0) is 31.2 Å². The first kappa shape index (κ1) is 20.5. The number of ether oxygens (including phenoxy) is 2. The minimum atomic E-state index is 0.347. The molecule has 4 rings (SSSR count). The Bertz CT molecular complexity index is 1010. The van der Waals surface area contributed by atoms with Crippen LogP contribution in [0.15, 0.2) is 59.7 Å². The zero-order valence-corrected chi connectivity index (χ0v) is 17.4. The van der Waals surface area contributed by atoms with Gasteiger partial charge in [-0.15, -0.1) is 0 Å². The van der Waals surface area contributed by atoms with E-state index in [0.29, 0.717) is 37.7 Å². The molecular weight excluding hydrogens is 394 g/mol. The highest BCUT2D eigenvalue weighted by Crippen LogP contribution is 2.19. The van der Waals surface area contributed by atoms with E-state index in [1.54, 1.807) is 6.21 Å². The Hall–Kier alpha value is -3.72. The molecule has 0 bridgehead atoms. The van der Waals surface area contributed by atoms with E-state index in [-0.39, 0.29) is 0 Å². The van der Waals surface area contributed by atoms with E-state index in [4.69, 9.17) is 9.47 Å². The number of hydrogen-bond acceptors (Lipinski definition) is 9. The first-order valence-electron chi connectivity index (χ1n) is 10.2. The fourth-order valence-corrected chi connectivity index (χ4v) is 3.06. The Kier molecular flexibility index (Phi) is 6.86. The van der Waals surface area contributed by atoms with Gasteiger partial charge in [0.25, 0.3) is 0 Å². The summed E-state index contributed by atoms with van der Waals surface area (Å²) in [5, 5.41) is 7.54. The SMILES string of the molecule is CCOc1ccccc1C=NNc1nc(Nc2ccccc2)nc(N2CCOCC2)n1. The van der Waals surface area contributed by atoms with Gasteiger partial charge in [-0.3, -0.25) is 0 Å². The second-order valence-corrected chi connectivity index (χ2v) is 6.71. The largest absolute Gasteiger partial charge is 0.493 e. The lowest BCUT2D eigenvalue weighted by Crippen LogP contribution is -2.37. The molecule has 31 heavy (non-hydrogen) atoms. The molecule has 0 atom stereocenters. The molecule has 1 saturated heterocycles. The number of morpholine rings is 1. The molecule has 1 fully saturated rings. The summed E-state index contributed by atoms with van der Waals surface area (Å²) >= 11 is 0. The third kappa shape index (κ3) is 5.67. The number of rotatable bonds is 8. The summed E-state index contributed by atoms with van der Waals surface area (Å²) in [4.78, 5) is 15.7. The van der Waals surface area contributed by atoms with Crippen molar-refractivity contribution in [1.29, 1.82) is 0 Å². The summed E-state index contributed by atoms with van der Waals surface area (Å²) in [6.07, 6.45) is 1.69. The average molecular weight is 419 g/mol. The van der Waals surface area contributed by atoms with Gasteiger partial charge in [0.05, 0.1) is 26.0 Å². The van der Waals surface area contributed by atoms with Gasteiger partial charge in [0, 0.05) is 24.3 Å². The van der Waals surface area contributed by atoms with Crippen molar-refractivity contribution in [2.45, 2.75) is 6.92 Å². The van der Waals surface area contributed by atoms with Crippen molar-refractivity contribution >= 4 is 29.7 Å². The number of benzene rings is 2. The minimum Gasteiger partial charge on any atom is -0.493 e. The summed E-state index contributed by atoms with van der Waals surface area (Å²) in [5.41, 5.74) is 4.68. The van der Waals surface area contributed by atoms with Crippen LogP contribution in [-0.4, -0.2) is 54.1 Å². The van der Waals surface area contributed by atoms with Gasteiger partial charge in [-0.2, -0.15) is 20.1 Å². The molecule has 9 heteroatoms. The summed E-state index contributed by atoms with van der Waals surface area (Å²) < 4.78 is 11.1. The summed E-state index contributed by atoms with van der Waals surface area (Å²) in [6, 6.07) is 17.5. The molecule has 0 spiro atoms. The van der Waals surface area contributed by atoms with Gasteiger partial charge >= 0.3 is 0 Å². The highest BCUT2D eigenvalue weighted by molar-refractivity contribution is 5.83. The molecule has 0 saturated carbocycles. The quantitative estimate of drug-likeness (QED) is 0.424. The van der Waals surface area contributed by atoms with Crippen LogP contribution in [0.3, 0.4) is 0 Å². The number of aromatic nitrogens is 3. The lowest BCUT2D eigenvalue weighted by Gasteiger charge is -2.27. The number of hydrazone groups is 1. The second kappa shape index (κ2) is 10.4. The zero-order valence-electron chi connectivity index (χ0n) is 17.4. The predicted molar refractivity (Wildman–Crippen MR) is 121 cm³/mol. The van der Waals surface area contributed by atoms with E-state index >= 15 is 0 Å². The maximum Gasteiger partial charge on any atom is 0.250 e. The van der Waals surface area contributed by atoms with Crippen LogP contribution in [0.5, 0.6) is 5.75 Å². The molecule has 0 radical (unpaired) electrons. The number of hydrogen-bond donors (Lipinski definition) is 2. The summed E-state index contributed by atoms with van der Waals surface area (Å²) in [5.74, 6) is 2.13. The van der Waals surface area contributed by atoms with Gasteiger partial charge in [-0.25, -0.2) is 5.43 Å². The number of anilines is 4. The van der Waals surface area contributed by atoms with Crippen molar-refractivity contribution in [3.8, 4) is 5.75 Å². The van der Waals surface area contributed by atoms with E-state index in [9.17, 15) is 0 Å². The van der Waals surface area contributed by atoms with E-state index in [1.165, 1.54) is 0 Å². The third-order valence-electron chi connectivity index (χ3n) is 4.53. The molecule has 0 unspecified atom stereocenters. The van der Waals surface area contributed by atoms with Crippen LogP contribution in [0.1, 0.15) is 12.5 Å². The van der Waals surface area contributed by atoms with Gasteiger partial charge in [-0.1, -0.05) is 30.3 Å². The molecule has 1 aliphatic heterocycles. The molecule has 1 aromatic heterocycles. The summed E-state index contributed by atoms with van der Waals surface area (Å²) in [6.45, 7) is 5.26. The number of para-hydroxylation sites is 2. The zero-order chi connectivity index (χ0) is 21.3. The van der Waals surface area contributed by atoms with Crippen LogP contribution < -0.4 is 20.4 Å². The van der Waals surface area contributed by atoms with Gasteiger partial charge in [0.2, 0.25) is 17.8 Å². The Morgan fingerprint density at radius 3 is 2.55 bits per heavy atom. The average Bonchev–Trinajstić information content (AvgIpc) is 2.81. The van der Waals surface area contributed by atoms with Crippen molar-refractivity contribution in [3.63, 3.8) is 0 Å². The fraction of sp³-hybridized carbons (Fsp3) is 0.273. The molecule has 1 aliphatic rings. The van der Waals surface area contributed by atoms with Gasteiger partial charge in [0.15, 0.2) is 0 Å². The number of nitrogens with one attached hydrogen (secondary N) is 2. The molecule has 2 heterocycles. The van der Waals surface area contributed by atoms with E-state index < -0.39 is 0 Å². The van der Waals surface area contributed by atoms with Gasteiger partial charge < -0.3 is 19.7 Å². The monoisotopic (exact) mass is 419 g/mol. The highest BCUT2D eigenvalue weighted by Gasteiger charge is 2.16. The Morgan fingerprint density at radius 2 is 1.74 bits per heavy atom. The van der Waals surface area contributed by atoms with Gasteiger partial charge in [0.1, 0.15) is 5.75 Å². The third-order valence-corrected chi connectivity index (χ3v) is 4.53. The molecule has 3 aromatic rings. The maximum atomic E-state index is 5.63. The molecule has 0 aliphatic carbocycles. The normalized spacial score (nSPS) is 13.9. The van der Waals surface area contributed by atoms with Crippen LogP contribution in [-0.2, 0) is 4.74 Å². The van der Waals surface area contributed by atoms with Crippen LogP contribution in [0.4, 0.5) is 23.5 Å². The molecule has 0 amide bonds. The molecule has 9 nitrogen and oxygen atoms in total. The van der Waals surface area contributed by atoms with Crippen LogP contribution in [0, 0.1) is 0 Å². The topological polar surface area (TPSA) is 96.8 Å². The Balaban J connectivity index is 1.56. The lowest BCUT2D eigenvalue weighted by atomic mass is 10.2. The van der Waals surface area contributed by atoms with Crippen LogP contribution >= 0.6 is 0 Å². The predicted octanol–water partition coefficient (Wildman–Crippen LogP) is 3.30. The van der Waals surface area contributed by atoms with Crippen LogP contribution in [0.25, 0.3) is 0 Å².